The number of hydrogen-bond donors (Lipinski definition) is 4. The van der Waals surface area contributed by atoms with Crippen LogP contribution in [0.25, 0.3) is 0 Å². The van der Waals surface area contributed by atoms with Crippen LogP contribution in [0.15, 0.2) is 0 Å². The molecule has 0 aliphatic carbocycles. The Bertz CT molecular complexity index is 190. The molecule has 0 fully saturated rings. The maximum atomic E-state index is 10.4. The van der Waals surface area contributed by atoms with E-state index in [0.717, 1.165) is 0 Å². The molecular formula is C4H12N2O4S. The van der Waals surface area contributed by atoms with E-state index in [9.17, 15) is 8.42 Å². The van der Waals surface area contributed by atoms with Gasteiger partial charge in [-0.15, -0.1) is 0 Å². The van der Waals surface area contributed by atoms with E-state index in [4.69, 9.17) is 15.5 Å². The van der Waals surface area contributed by atoms with Gasteiger partial charge in [-0.25, -0.2) is 0 Å². The molecule has 0 aliphatic heterocycles. The Morgan fingerprint density at radius 2 is 2.09 bits per heavy atom. The molecule has 0 rings (SSSR count). The van der Waals surface area contributed by atoms with Gasteiger partial charge in [0.05, 0.1) is 0 Å². The molecule has 5 N–H and O–H groups in total. The second-order valence-corrected chi connectivity index (χ2v) is 3.66. The molecule has 0 heterocycles. The summed E-state index contributed by atoms with van der Waals surface area (Å²) in [6.07, 6.45) is 0.504. The Labute approximate surface area is 65.1 Å². The van der Waals surface area contributed by atoms with Crippen molar-refractivity contribution in [1.82, 2.24) is 5.48 Å². The molecule has 0 aromatic rings. The lowest BCUT2D eigenvalue weighted by Crippen LogP contribution is -2.34. The van der Waals surface area contributed by atoms with Gasteiger partial charge in [0.2, 0.25) is 0 Å². The van der Waals surface area contributed by atoms with Crippen LogP contribution in [0.2, 0.25) is 0 Å². The van der Waals surface area contributed by atoms with E-state index in [2.05, 4.69) is 0 Å². The van der Waals surface area contributed by atoms with Crippen LogP contribution >= 0.6 is 0 Å². The van der Waals surface area contributed by atoms with Crippen LogP contribution < -0.4 is 11.2 Å². The molecule has 0 saturated carbocycles. The van der Waals surface area contributed by atoms with E-state index in [1.165, 1.54) is 5.48 Å². The highest BCUT2D eigenvalue weighted by Crippen LogP contribution is 2.01. The first kappa shape index (κ1) is 10.8. The molecule has 0 bridgehead atoms. The van der Waals surface area contributed by atoms with E-state index in [1.807, 2.05) is 0 Å². The lowest BCUT2D eigenvalue weighted by atomic mass is 10.3. The summed E-state index contributed by atoms with van der Waals surface area (Å²) in [6, 6.07) is 0. The van der Waals surface area contributed by atoms with Crippen LogP contribution in [0.1, 0.15) is 12.8 Å². The third kappa shape index (κ3) is 4.27. The molecule has 7 heteroatoms. The van der Waals surface area contributed by atoms with Gasteiger partial charge in [-0.05, 0) is 19.4 Å². The molecule has 0 aromatic heterocycles. The van der Waals surface area contributed by atoms with Gasteiger partial charge in [0, 0.05) is 0 Å². The maximum absolute atomic E-state index is 10.4. The Balaban J connectivity index is 3.97. The zero-order chi connectivity index (χ0) is 8.91. The number of hydrogen-bond acceptors (Lipinski definition) is 5. The molecule has 0 saturated heterocycles. The minimum absolute atomic E-state index is 0.0891. The van der Waals surface area contributed by atoms with Crippen LogP contribution in [-0.4, -0.2) is 30.1 Å². The van der Waals surface area contributed by atoms with Gasteiger partial charge in [0.15, 0.2) is 5.37 Å². The lowest BCUT2D eigenvalue weighted by Gasteiger charge is -2.09. The fourth-order valence-electron chi connectivity index (χ4n) is 0.583. The fraction of sp³-hybridized carbons (Fsp3) is 1.00. The van der Waals surface area contributed by atoms with Crippen molar-refractivity contribution in [3.8, 4) is 0 Å². The molecule has 0 aromatic carbocycles. The molecule has 0 aliphatic rings. The highest BCUT2D eigenvalue weighted by molar-refractivity contribution is 7.86. The minimum atomic E-state index is -4.20. The summed E-state index contributed by atoms with van der Waals surface area (Å²) in [6.45, 7) is 0.313. The average molecular weight is 184 g/mol. The highest BCUT2D eigenvalue weighted by atomic mass is 32.2. The van der Waals surface area contributed by atoms with Gasteiger partial charge in [-0.2, -0.15) is 13.9 Å². The SMILES string of the molecule is NCCCC(NO)S(=O)(=O)O. The zero-order valence-corrected chi connectivity index (χ0v) is 6.71. The second kappa shape index (κ2) is 4.62. The monoisotopic (exact) mass is 184 g/mol. The molecule has 0 spiro atoms. The summed E-state index contributed by atoms with van der Waals surface area (Å²) in [7, 11) is -4.20. The summed E-state index contributed by atoms with van der Waals surface area (Å²) in [5, 5.41) is 6.93. The van der Waals surface area contributed by atoms with Gasteiger partial charge in [-0.3, -0.25) is 4.55 Å². The first-order valence-corrected chi connectivity index (χ1v) is 4.58. The molecule has 1 atom stereocenters. The van der Waals surface area contributed by atoms with Crippen molar-refractivity contribution >= 4 is 10.1 Å². The smallest absolute Gasteiger partial charge is 0.283 e. The number of nitrogens with one attached hydrogen (secondary N) is 1. The molecule has 0 amide bonds. The zero-order valence-electron chi connectivity index (χ0n) is 5.90. The fourth-order valence-corrected chi connectivity index (χ4v) is 1.18. The Morgan fingerprint density at radius 3 is 2.36 bits per heavy atom. The van der Waals surface area contributed by atoms with Crippen molar-refractivity contribution in [2.75, 3.05) is 6.54 Å². The first-order chi connectivity index (χ1) is 5.02. The van der Waals surface area contributed by atoms with E-state index in [1.54, 1.807) is 0 Å². The van der Waals surface area contributed by atoms with Crippen LogP contribution in [0.5, 0.6) is 0 Å². The summed E-state index contributed by atoms with van der Waals surface area (Å²) in [5.41, 5.74) is 6.57. The number of rotatable bonds is 5. The predicted molar refractivity (Wildman–Crippen MR) is 38.5 cm³/mol. The first-order valence-electron chi connectivity index (χ1n) is 3.08. The number of hydroxylamine groups is 1. The van der Waals surface area contributed by atoms with Crippen molar-refractivity contribution in [2.45, 2.75) is 18.2 Å². The average Bonchev–Trinajstić information content (AvgIpc) is 1.87. The van der Waals surface area contributed by atoms with Gasteiger partial charge in [0.25, 0.3) is 10.1 Å². The van der Waals surface area contributed by atoms with Crippen molar-refractivity contribution in [1.29, 1.82) is 0 Å². The van der Waals surface area contributed by atoms with Crippen molar-refractivity contribution < 1.29 is 18.2 Å². The van der Waals surface area contributed by atoms with Gasteiger partial charge in [-0.1, -0.05) is 0 Å². The summed E-state index contributed by atoms with van der Waals surface area (Å²) >= 11 is 0. The van der Waals surface area contributed by atoms with Crippen LogP contribution in [0.4, 0.5) is 0 Å². The van der Waals surface area contributed by atoms with Crippen molar-refractivity contribution in [3.05, 3.63) is 0 Å². The van der Waals surface area contributed by atoms with Crippen LogP contribution in [0.3, 0.4) is 0 Å². The van der Waals surface area contributed by atoms with E-state index >= 15 is 0 Å². The van der Waals surface area contributed by atoms with E-state index in [0.29, 0.717) is 13.0 Å². The Morgan fingerprint density at radius 1 is 1.55 bits per heavy atom. The molecule has 11 heavy (non-hydrogen) atoms. The molecular weight excluding hydrogens is 172 g/mol. The predicted octanol–water partition coefficient (Wildman–Crippen LogP) is -1.08. The van der Waals surface area contributed by atoms with E-state index in [-0.39, 0.29) is 6.42 Å². The Kier molecular flexibility index (Phi) is 4.54. The van der Waals surface area contributed by atoms with Gasteiger partial charge < -0.3 is 10.9 Å². The van der Waals surface area contributed by atoms with Gasteiger partial charge >= 0.3 is 0 Å². The molecule has 1 unspecified atom stereocenters. The minimum Gasteiger partial charge on any atom is -0.330 e. The summed E-state index contributed by atoms with van der Waals surface area (Å²) < 4.78 is 29.1. The Hall–Kier alpha value is -0.210. The largest absolute Gasteiger partial charge is 0.330 e. The molecule has 0 radical (unpaired) electrons. The highest BCUT2D eigenvalue weighted by Gasteiger charge is 2.20. The topological polar surface area (TPSA) is 113 Å². The van der Waals surface area contributed by atoms with Gasteiger partial charge in [0.1, 0.15) is 0 Å². The molecule has 68 valence electrons. The van der Waals surface area contributed by atoms with Crippen molar-refractivity contribution in [2.24, 2.45) is 5.73 Å². The number of nitrogens with two attached hydrogens (primary N) is 1. The van der Waals surface area contributed by atoms with Crippen molar-refractivity contribution in [3.63, 3.8) is 0 Å². The summed E-state index contributed by atoms with van der Waals surface area (Å²) in [4.78, 5) is 0. The van der Waals surface area contributed by atoms with E-state index < -0.39 is 15.5 Å². The maximum Gasteiger partial charge on any atom is 0.283 e. The van der Waals surface area contributed by atoms with Crippen LogP contribution in [0, 0.1) is 0 Å². The third-order valence-corrected chi connectivity index (χ3v) is 2.23. The standard InChI is InChI=1S/C4H12N2O4S/c5-3-1-2-4(6-7)11(8,9)10/h4,6-7H,1-3,5H2,(H,8,9,10). The quantitative estimate of drug-likeness (QED) is 0.319. The van der Waals surface area contributed by atoms with Crippen LogP contribution in [-0.2, 0) is 10.1 Å². The summed E-state index contributed by atoms with van der Waals surface area (Å²) in [5.74, 6) is 0. The normalized spacial score (nSPS) is 14.8. The lowest BCUT2D eigenvalue weighted by molar-refractivity contribution is 0.145. The molecule has 6 nitrogen and oxygen atoms in total. The third-order valence-electron chi connectivity index (χ3n) is 1.17. The second-order valence-electron chi connectivity index (χ2n) is 2.06.